The van der Waals surface area contributed by atoms with Crippen LogP contribution in [-0.4, -0.2) is 34.0 Å². The second-order valence-corrected chi connectivity index (χ2v) is 7.70. The Bertz CT molecular complexity index is 848. The van der Waals surface area contributed by atoms with Crippen LogP contribution in [0.4, 0.5) is 5.69 Å². The van der Waals surface area contributed by atoms with E-state index in [2.05, 4.69) is 5.32 Å². The number of methoxy groups -OCH3 is 1. The fourth-order valence-corrected chi connectivity index (χ4v) is 3.94. The molecule has 1 N–H and O–H groups in total. The third-order valence-electron chi connectivity index (χ3n) is 3.91. The van der Waals surface area contributed by atoms with Gasteiger partial charge in [-0.1, -0.05) is 30.3 Å². The van der Waals surface area contributed by atoms with E-state index in [1.54, 1.807) is 42.5 Å². The maximum Gasteiger partial charge on any atom is 0.264 e. The molecule has 3 rings (SSSR count). The zero-order valence-corrected chi connectivity index (χ0v) is 14.7. The molecular weight excluding hydrogens is 340 g/mol. The highest BCUT2D eigenvalue weighted by molar-refractivity contribution is 7.92. The second-order valence-electron chi connectivity index (χ2n) is 5.84. The van der Waals surface area contributed by atoms with Gasteiger partial charge >= 0.3 is 0 Å². The van der Waals surface area contributed by atoms with Crippen LogP contribution in [0.3, 0.4) is 0 Å². The van der Waals surface area contributed by atoms with E-state index in [0.717, 1.165) is 17.1 Å². The molecule has 0 aromatic heterocycles. The Morgan fingerprint density at radius 2 is 1.76 bits per heavy atom. The molecule has 0 heterocycles. The van der Waals surface area contributed by atoms with E-state index in [4.69, 9.17) is 4.74 Å². The minimum absolute atomic E-state index is 0.125. The molecule has 7 heteroatoms. The first-order valence-corrected chi connectivity index (χ1v) is 9.46. The summed E-state index contributed by atoms with van der Waals surface area (Å²) in [6.07, 6.45) is 1.87. The molecule has 1 aliphatic carbocycles. The van der Waals surface area contributed by atoms with E-state index in [9.17, 15) is 13.2 Å². The predicted molar refractivity (Wildman–Crippen MR) is 95.1 cm³/mol. The van der Waals surface area contributed by atoms with Gasteiger partial charge in [0.25, 0.3) is 10.0 Å². The molecule has 1 saturated carbocycles. The molecule has 132 valence electrons. The molecule has 0 bridgehead atoms. The molecule has 6 nitrogen and oxygen atoms in total. The zero-order chi connectivity index (χ0) is 17.9. The molecule has 1 fully saturated rings. The monoisotopic (exact) mass is 360 g/mol. The first-order chi connectivity index (χ1) is 12.0. The lowest BCUT2D eigenvalue weighted by molar-refractivity contribution is -0.119. The van der Waals surface area contributed by atoms with Crippen LogP contribution >= 0.6 is 0 Å². The molecule has 2 aromatic rings. The van der Waals surface area contributed by atoms with Crippen LogP contribution in [0.1, 0.15) is 12.8 Å². The average Bonchev–Trinajstić information content (AvgIpc) is 3.44. The number of benzene rings is 2. The summed E-state index contributed by atoms with van der Waals surface area (Å²) in [4.78, 5) is 12.4. The van der Waals surface area contributed by atoms with Crippen LogP contribution in [0, 0.1) is 0 Å². The van der Waals surface area contributed by atoms with Gasteiger partial charge < -0.3 is 10.1 Å². The maximum absolute atomic E-state index is 13.1. The molecule has 0 radical (unpaired) electrons. The Morgan fingerprint density at radius 1 is 1.12 bits per heavy atom. The van der Waals surface area contributed by atoms with E-state index in [-0.39, 0.29) is 23.4 Å². The number of rotatable bonds is 7. The van der Waals surface area contributed by atoms with Crippen molar-refractivity contribution in [2.24, 2.45) is 0 Å². The van der Waals surface area contributed by atoms with Gasteiger partial charge in [-0.05, 0) is 37.1 Å². The van der Waals surface area contributed by atoms with Crippen LogP contribution < -0.4 is 14.4 Å². The van der Waals surface area contributed by atoms with Gasteiger partial charge in [0.05, 0.1) is 17.7 Å². The number of anilines is 1. The van der Waals surface area contributed by atoms with Crippen molar-refractivity contribution < 1.29 is 17.9 Å². The molecular formula is C18H20N2O4S. The molecule has 1 aliphatic rings. The van der Waals surface area contributed by atoms with Crippen LogP contribution in [0.15, 0.2) is 59.5 Å². The summed E-state index contributed by atoms with van der Waals surface area (Å²) in [5, 5.41) is 2.83. The summed E-state index contributed by atoms with van der Waals surface area (Å²) in [5.41, 5.74) is 0.333. The highest BCUT2D eigenvalue weighted by Gasteiger charge is 2.31. The maximum atomic E-state index is 13.1. The number of ether oxygens (including phenoxy) is 1. The van der Waals surface area contributed by atoms with Gasteiger partial charge in [-0.15, -0.1) is 0 Å². The zero-order valence-electron chi connectivity index (χ0n) is 13.9. The number of para-hydroxylation sites is 2. The van der Waals surface area contributed by atoms with Crippen LogP contribution in [0.25, 0.3) is 0 Å². The molecule has 0 spiro atoms. The second kappa shape index (κ2) is 7.14. The fraction of sp³-hybridized carbons (Fsp3) is 0.278. The van der Waals surface area contributed by atoms with Crippen molar-refractivity contribution in [3.63, 3.8) is 0 Å². The Morgan fingerprint density at radius 3 is 2.40 bits per heavy atom. The highest BCUT2D eigenvalue weighted by Crippen LogP contribution is 2.32. The van der Waals surface area contributed by atoms with Gasteiger partial charge in [0.15, 0.2) is 0 Å². The number of carbonyl (C=O) groups is 1. The topological polar surface area (TPSA) is 75.7 Å². The van der Waals surface area contributed by atoms with Crippen molar-refractivity contribution in [3.8, 4) is 5.75 Å². The molecule has 0 aliphatic heterocycles. The van der Waals surface area contributed by atoms with Gasteiger partial charge in [0.2, 0.25) is 5.91 Å². The quantitative estimate of drug-likeness (QED) is 0.821. The summed E-state index contributed by atoms with van der Waals surface area (Å²) in [6, 6.07) is 15.0. The van der Waals surface area contributed by atoms with E-state index in [0.29, 0.717) is 11.4 Å². The Labute approximate surface area is 147 Å². The normalized spacial score (nSPS) is 14.0. The molecule has 0 atom stereocenters. The van der Waals surface area contributed by atoms with Gasteiger partial charge in [-0.2, -0.15) is 0 Å². The van der Waals surface area contributed by atoms with Crippen molar-refractivity contribution in [1.29, 1.82) is 0 Å². The lowest BCUT2D eigenvalue weighted by Gasteiger charge is -2.25. The predicted octanol–water partition coefficient (Wildman–Crippen LogP) is 2.17. The van der Waals surface area contributed by atoms with Crippen molar-refractivity contribution in [2.75, 3.05) is 18.0 Å². The molecule has 2 aromatic carbocycles. The summed E-state index contributed by atoms with van der Waals surface area (Å²) >= 11 is 0. The number of amides is 1. The highest BCUT2D eigenvalue weighted by atomic mass is 32.2. The van der Waals surface area contributed by atoms with E-state index >= 15 is 0 Å². The summed E-state index contributed by atoms with van der Waals surface area (Å²) in [5.74, 6) is 0.0640. The number of hydrogen-bond acceptors (Lipinski definition) is 4. The summed E-state index contributed by atoms with van der Waals surface area (Å²) < 4.78 is 32.6. The van der Waals surface area contributed by atoms with E-state index < -0.39 is 10.0 Å². The van der Waals surface area contributed by atoms with Gasteiger partial charge in [-0.25, -0.2) is 8.42 Å². The number of nitrogens with one attached hydrogen (secondary N) is 1. The lowest BCUT2D eigenvalue weighted by Crippen LogP contribution is -2.41. The number of carbonyl (C=O) groups excluding carboxylic acids is 1. The first-order valence-electron chi connectivity index (χ1n) is 8.02. The van der Waals surface area contributed by atoms with Crippen LogP contribution in [0.2, 0.25) is 0 Å². The van der Waals surface area contributed by atoms with Crippen LogP contribution in [-0.2, 0) is 14.8 Å². The Hall–Kier alpha value is -2.54. The first kappa shape index (κ1) is 17.3. The third-order valence-corrected chi connectivity index (χ3v) is 5.69. The molecule has 0 unspecified atom stereocenters. The number of nitrogens with zero attached hydrogens (tertiary/aromatic N) is 1. The number of hydrogen-bond donors (Lipinski definition) is 1. The van der Waals surface area contributed by atoms with E-state index in [1.807, 2.05) is 0 Å². The largest absolute Gasteiger partial charge is 0.495 e. The molecule has 0 saturated heterocycles. The summed E-state index contributed by atoms with van der Waals surface area (Å²) in [6.45, 7) is -0.298. The summed E-state index contributed by atoms with van der Waals surface area (Å²) in [7, 11) is -2.44. The van der Waals surface area contributed by atoms with Crippen LogP contribution in [0.5, 0.6) is 5.75 Å². The molecule has 1 amide bonds. The van der Waals surface area contributed by atoms with E-state index in [1.165, 1.54) is 19.2 Å². The third kappa shape index (κ3) is 3.93. The van der Waals surface area contributed by atoms with Gasteiger partial charge in [-0.3, -0.25) is 9.10 Å². The smallest absolute Gasteiger partial charge is 0.264 e. The average molecular weight is 360 g/mol. The number of sulfonamides is 1. The van der Waals surface area contributed by atoms with Gasteiger partial charge in [0, 0.05) is 6.04 Å². The standard InChI is InChI=1S/C18H20N2O4S/c1-24-17-10-6-5-9-16(17)20(13-18(21)19-14-11-12-14)25(22,23)15-7-3-2-4-8-15/h2-10,14H,11-13H2,1H3,(H,19,21). The molecule has 25 heavy (non-hydrogen) atoms. The van der Waals surface area contributed by atoms with Gasteiger partial charge in [0.1, 0.15) is 12.3 Å². The van der Waals surface area contributed by atoms with Crippen molar-refractivity contribution in [2.45, 2.75) is 23.8 Å². The SMILES string of the molecule is COc1ccccc1N(CC(=O)NC1CC1)S(=O)(=O)c1ccccc1. The van der Waals surface area contributed by atoms with Crippen molar-refractivity contribution in [3.05, 3.63) is 54.6 Å². The Kier molecular flexibility index (Phi) is 4.94. The minimum Gasteiger partial charge on any atom is -0.495 e. The van der Waals surface area contributed by atoms with Crippen molar-refractivity contribution >= 4 is 21.6 Å². The van der Waals surface area contributed by atoms with Crippen molar-refractivity contribution in [1.82, 2.24) is 5.32 Å². The fourth-order valence-electron chi connectivity index (χ4n) is 2.49. The lowest BCUT2D eigenvalue weighted by atomic mass is 10.3. The minimum atomic E-state index is -3.90. The Balaban J connectivity index is 2.00.